The lowest BCUT2D eigenvalue weighted by Crippen LogP contribution is -2.15. The van der Waals surface area contributed by atoms with Crippen molar-refractivity contribution in [3.05, 3.63) is 54.1 Å². The number of nitrogens with zero attached hydrogens (tertiary/aromatic N) is 2. The number of carbonyl (C=O) groups is 2. The monoisotopic (exact) mass is 288 g/mol. The summed E-state index contributed by atoms with van der Waals surface area (Å²) in [5, 5.41) is 0. The van der Waals surface area contributed by atoms with Crippen molar-refractivity contribution in [3.63, 3.8) is 0 Å². The summed E-state index contributed by atoms with van der Waals surface area (Å²) >= 11 is 0. The highest BCUT2D eigenvalue weighted by Gasteiger charge is 2.20. The van der Waals surface area contributed by atoms with Crippen molar-refractivity contribution >= 4 is 11.9 Å². The van der Waals surface area contributed by atoms with Gasteiger partial charge in [0.05, 0.1) is 33.0 Å². The minimum atomic E-state index is -0.515. The molecule has 0 aliphatic heterocycles. The third-order valence-electron chi connectivity index (χ3n) is 3.13. The van der Waals surface area contributed by atoms with Crippen LogP contribution in [-0.4, -0.2) is 35.7 Å². The molecule has 0 fully saturated rings. The van der Waals surface area contributed by atoms with E-state index in [1.54, 1.807) is 10.8 Å². The standard InChI is InChI=1S/C15H16N2O4/c1-20-14(18)8-13(11-6-4-3-5-7-11)17-9-12(16-10-17)15(19)21-2/h3-7,9-10,13H,8H2,1-2H3. The van der Waals surface area contributed by atoms with Crippen LogP contribution in [0.5, 0.6) is 0 Å². The van der Waals surface area contributed by atoms with E-state index in [1.807, 2.05) is 30.3 Å². The topological polar surface area (TPSA) is 70.4 Å². The van der Waals surface area contributed by atoms with Crippen LogP contribution >= 0.6 is 0 Å². The van der Waals surface area contributed by atoms with Crippen LogP contribution in [0.2, 0.25) is 0 Å². The second-order valence-electron chi connectivity index (χ2n) is 4.40. The Kier molecular flexibility index (Phi) is 4.71. The van der Waals surface area contributed by atoms with Crippen LogP contribution in [-0.2, 0) is 14.3 Å². The summed E-state index contributed by atoms with van der Waals surface area (Å²) < 4.78 is 11.1. The number of benzene rings is 1. The van der Waals surface area contributed by atoms with Crippen LogP contribution in [0.25, 0.3) is 0 Å². The SMILES string of the molecule is COC(=O)CC(c1ccccc1)n1cnc(C(=O)OC)c1. The average Bonchev–Trinajstić information content (AvgIpc) is 3.02. The fraction of sp³-hybridized carbons (Fsp3) is 0.267. The number of methoxy groups -OCH3 is 2. The molecule has 1 unspecified atom stereocenters. The molecule has 2 aromatic rings. The molecule has 6 heteroatoms. The van der Waals surface area contributed by atoms with Gasteiger partial charge in [-0.2, -0.15) is 0 Å². The summed E-state index contributed by atoms with van der Waals surface area (Å²) in [6, 6.07) is 9.20. The van der Waals surface area contributed by atoms with E-state index in [2.05, 4.69) is 9.72 Å². The van der Waals surface area contributed by atoms with Crippen LogP contribution in [0.3, 0.4) is 0 Å². The third-order valence-corrected chi connectivity index (χ3v) is 3.13. The Morgan fingerprint density at radius 2 is 1.90 bits per heavy atom. The van der Waals surface area contributed by atoms with Gasteiger partial charge in [-0.25, -0.2) is 9.78 Å². The molecule has 0 amide bonds. The minimum absolute atomic E-state index is 0.150. The smallest absolute Gasteiger partial charge is 0.358 e. The molecule has 110 valence electrons. The molecule has 0 bridgehead atoms. The van der Waals surface area contributed by atoms with Crippen molar-refractivity contribution in [2.75, 3.05) is 14.2 Å². The predicted octanol–water partition coefficient (Wildman–Crippen LogP) is 1.82. The van der Waals surface area contributed by atoms with Gasteiger partial charge in [0, 0.05) is 6.20 Å². The quantitative estimate of drug-likeness (QED) is 0.785. The molecule has 1 heterocycles. The minimum Gasteiger partial charge on any atom is -0.469 e. The van der Waals surface area contributed by atoms with E-state index in [9.17, 15) is 9.59 Å². The highest BCUT2D eigenvalue weighted by Crippen LogP contribution is 2.22. The normalized spacial score (nSPS) is 11.7. The second-order valence-corrected chi connectivity index (χ2v) is 4.40. The molecule has 0 saturated heterocycles. The first-order valence-electron chi connectivity index (χ1n) is 6.39. The summed E-state index contributed by atoms with van der Waals surface area (Å²) in [6.07, 6.45) is 3.22. The summed E-state index contributed by atoms with van der Waals surface area (Å²) in [5.74, 6) is -0.851. The van der Waals surface area contributed by atoms with Crippen molar-refractivity contribution in [1.29, 1.82) is 0 Å². The van der Waals surface area contributed by atoms with Crippen molar-refractivity contribution in [1.82, 2.24) is 9.55 Å². The molecule has 1 atom stereocenters. The van der Waals surface area contributed by atoms with E-state index in [0.29, 0.717) is 0 Å². The first kappa shape index (κ1) is 14.8. The second kappa shape index (κ2) is 6.69. The number of aromatic nitrogens is 2. The van der Waals surface area contributed by atoms with Crippen molar-refractivity contribution in [3.8, 4) is 0 Å². The molecule has 1 aromatic heterocycles. The molecule has 0 aliphatic rings. The van der Waals surface area contributed by atoms with Gasteiger partial charge in [-0.15, -0.1) is 0 Å². The first-order chi connectivity index (χ1) is 10.2. The highest BCUT2D eigenvalue weighted by atomic mass is 16.5. The van der Waals surface area contributed by atoms with Gasteiger partial charge in [0.2, 0.25) is 0 Å². The van der Waals surface area contributed by atoms with E-state index in [-0.39, 0.29) is 24.1 Å². The van der Waals surface area contributed by atoms with E-state index in [1.165, 1.54) is 20.5 Å². The maximum Gasteiger partial charge on any atom is 0.358 e. The molecule has 1 aromatic carbocycles. The van der Waals surface area contributed by atoms with Gasteiger partial charge in [0.1, 0.15) is 0 Å². The van der Waals surface area contributed by atoms with Crippen LogP contribution in [0.1, 0.15) is 28.5 Å². The fourth-order valence-corrected chi connectivity index (χ4v) is 2.03. The highest BCUT2D eigenvalue weighted by molar-refractivity contribution is 5.86. The summed E-state index contributed by atoms with van der Waals surface area (Å²) in [6.45, 7) is 0. The molecule has 0 N–H and O–H groups in total. The van der Waals surface area contributed by atoms with Gasteiger partial charge in [0.15, 0.2) is 5.69 Å². The maximum absolute atomic E-state index is 11.6. The summed E-state index contributed by atoms with van der Waals surface area (Å²) in [4.78, 5) is 27.1. The van der Waals surface area contributed by atoms with Gasteiger partial charge in [0.25, 0.3) is 0 Å². The van der Waals surface area contributed by atoms with E-state index < -0.39 is 5.97 Å². The number of imidazole rings is 1. The lowest BCUT2D eigenvalue weighted by Gasteiger charge is -2.17. The first-order valence-corrected chi connectivity index (χ1v) is 6.39. The Morgan fingerprint density at radius 3 is 2.52 bits per heavy atom. The van der Waals surface area contributed by atoms with Gasteiger partial charge in [-0.3, -0.25) is 4.79 Å². The van der Waals surface area contributed by atoms with Crippen LogP contribution < -0.4 is 0 Å². The van der Waals surface area contributed by atoms with Crippen LogP contribution in [0, 0.1) is 0 Å². The lowest BCUT2D eigenvalue weighted by atomic mass is 10.0. The molecule has 0 radical (unpaired) electrons. The van der Waals surface area contributed by atoms with Crippen LogP contribution in [0.15, 0.2) is 42.9 Å². The van der Waals surface area contributed by atoms with Crippen molar-refractivity contribution < 1.29 is 19.1 Å². The largest absolute Gasteiger partial charge is 0.469 e. The molecular weight excluding hydrogens is 272 g/mol. The van der Waals surface area contributed by atoms with Crippen LogP contribution in [0.4, 0.5) is 0 Å². The number of hydrogen-bond acceptors (Lipinski definition) is 5. The van der Waals surface area contributed by atoms with Gasteiger partial charge >= 0.3 is 11.9 Å². The van der Waals surface area contributed by atoms with E-state index in [4.69, 9.17) is 4.74 Å². The molecule has 2 rings (SSSR count). The Labute approximate surface area is 122 Å². The fourth-order valence-electron chi connectivity index (χ4n) is 2.03. The van der Waals surface area contributed by atoms with Crippen molar-refractivity contribution in [2.24, 2.45) is 0 Å². The van der Waals surface area contributed by atoms with E-state index >= 15 is 0 Å². The molecule has 0 aliphatic carbocycles. The van der Waals surface area contributed by atoms with E-state index in [0.717, 1.165) is 5.56 Å². The van der Waals surface area contributed by atoms with Gasteiger partial charge in [-0.05, 0) is 5.56 Å². The predicted molar refractivity (Wildman–Crippen MR) is 74.8 cm³/mol. The molecule has 0 spiro atoms. The van der Waals surface area contributed by atoms with Crippen molar-refractivity contribution in [2.45, 2.75) is 12.5 Å². The molecular formula is C15H16N2O4. The number of rotatable bonds is 5. The maximum atomic E-state index is 11.6. The Hall–Kier alpha value is -2.63. The average molecular weight is 288 g/mol. The number of ether oxygens (including phenoxy) is 2. The molecule has 21 heavy (non-hydrogen) atoms. The Balaban J connectivity index is 2.33. The number of esters is 2. The zero-order valence-electron chi connectivity index (χ0n) is 11.9. The number of carbonyl (C=O) groups excluding carboxylic acids is 2. The van der Waals surface area contributed by atoms with Gasteiger partial charge < -0.3 is 14.0 Å². The lowest BCUT2D eigenvalue weighted by molar-refractivity contribution is -0.141. The zero-order chi connectivity index (χ0) is 15.2. The van der Waals surface area contributed by atoms with Gasteiger partial charge in [-0.1, -0.05) is 30.3 Å². The Morgan fingerprint density at radius 1 is 1.19 bits per heavy atom. The molecule has 6 nitrogen and oxygen atoms in total. The molecule has 0 saturated carbocycles. The summed E-state index contributed by atoms with van der Waals surface area (Å²) in [7, 11) is 2.64. The summed E-state index contributed by atoms with van der Waals surface area (Å²) in [5.41, 5.74) is 1.13. The number of hydrogen-bond donors (Lipinski definition) is 0. The zero-order valence-corrected chi connectivity index (χ0v) is 11.9. The Bertz CT molecular complexity index is 622. The third kappa shape index (κ3) is 3.47.